The number of hydrogen-bond donors (Lipinski definition) is 0. The van der Waals surface area contributed by atoms with Gasteiger partial charge in [-0.05, 0) is 79.8 Å². The van der Waals surface area contributed by atoms with Gasteiger partial charge >= 0.3 is 0 Å². The van der Waals surface area contributed by atoms with E-state index < -0.39 is 0 Å². The number of anilines is 3. The fourth-order valence-corrected chi connectivity index (χ4v) is 6.55. The first-order valence-electron chi connectivity index (χ1n) is 14.9. The molecule has 2 heterocycles. The molecule has 0 amide bonds. The molecule has 9 aromatic rings. The highest BCUT2D eigenvalue weighted by molar-refractivity contribution is 6.20. The molecule has 0 saturated heterocycles. The van der Waals surface area contributed by atoms with Crippen molar-refractivity contribution in [3.05, 3.63) is 158 Å². The minimum atomic E-state index is 0.784. The molecule has 3 heteroatoms. The number of rotatable bonds is 4. The second-order valence-electron chi connectivity index (χ2n) is 11.2. The third-order valence-corrected chi connectivity index (χ3v) is 8.68. The van der Waals surface area contributed by atoms with Gasteiger partial charge in [0.1, 0.15) is 11.4 Å². The van der Waals surface area contributed by atoms with Gasteiger partial charge in [-0.25, -0.2) is 4.98 Å². The van der Waals surface area contributed by atoms with E-state index in [1.165, 1.54) is 43.4 Å². The SMILES string of the molecule is c1ccc(-c2ccc(N(c3ccc4c(ccc5ccc6ccccc6c54)c3)c3cc4c(cn3)oc3ccccc34)cc2)cc1. The van der Waals surface area contributed by atoms with Gasteiger partial charge in [-0.15, -0.1) is 0 Å². The van der Waals surface area contributed by atoms with Crippen LogP contribution in [0.25, 0.3) is 65.4 Å². The Morgan fingerprint density at radius 3 is 1.95 bits per heavy atom. The Balaban J connectivity index is 1.25. The van der Waals surface area contributed by atoms with Gasteiger partial charge in [0.15, 0.2) is 5.58 Å². The minimum Gasteiger partial charge on any atom is -0.454 e. The molecule has 0 N–H and O–H groups in total. The van der Waals surface area contributed by atoms with Gasteiger partial charge in [0.05, 0.1) is 6.20 Å². The van der Waals surface area contributed by atoms with Crippen molar-refractivity contribution < 1.29 is 4.42 Å². The molecule has 0 atom stereocenters. The first kappa shape index (κ1) is 24.6. The molecule has 0 saturated carbocycles. The van der Waals surface area contributed by atoms with E-state index in [9.17, 15) is 0 Å². The van der Waals surface area contributed by atoms with E-state index in [1.807, 2.05) is 24.4 Å². The summed E-state index contributed by atoms with van der Waals surface area (Å²) in [5.74, 6) is 0.835. The van der Waals surface area contributed by atoms with Gasteiger partial charge in [0.25, 0.3) is 0 Å². The summed E-state index contributed by atoms with van der Waals surface area (Å²) < 4.78 is 6.12. The van der Waals surface area contributed by atoms with Gasteiger partial charge in [0.2, 0.25) is 0 Å². The number of aromatic nitrogens is 1. The summed E-state index contributed by atoms with van der Waals surface area (Å²) in [7, 11) is 0. The van der Waals surface area contributed by atoms with Crippen LogP contribution in [0, 0.1) is 0 Å². The van der Waals surface area contributed by atoms with Crippen molar-refractivity contribution in [2.75, 3.05) is 4.90 Å². The van der Waals surface area contributed by atoms with Crippen LogP contribution in [0.2, 0.25) is 0 Å². The van der Waals surface area contributed by atoms with Gasteiger partial charge in [0, 0.05) is 22.1 Å². The molecular formula is C41H26N2O. The maximum Gasteiger partial charge on any atom is 0.153 e. The number of fused-ring (bicyclic) bond motifs is 8. The molecule has 0 bridgehead atoms. The molecule has 2 aromatic heterocycles. The van der Waals surface area contributed by atoms with Gasteiger partial charge in [-0.2, -0.15) is 0 Å². The molecule has 0 aliphatic heterocycles. The zero-order valence-electron chi connectivity index (χ0n) is 23.8. The number of furan rings is 1. The van der Waals surface area contributed by atoms with Crippen LogP contribution in [0.3, 0.4) is 0 Å². The lowest BCUT2D eigenvalue weighted by Crippen LogP contribution is -2.11. The lowest BCUT2D eigenvalue weighted by Gasteiger charge is -2.25. The molecule has 9 rings (SSSR count). The van der Waals surface area contributed by atoms with Crippen molar-refractivity contribution in [3.63, 3.8) is 0 Å². The lowest BCUT2D eigenvalue weighted by atomic mass is 9.96. The molecule has 0 aliphatic carbocycles. The molecule has 0 radical (unpaired) electrons. The van der Waals surface area contributed by atoms with E-state index in [0.29, 0.717) is 0 Å². The van der Waals surface area contributed by atoms with E-state index in [1.54, 1.807) is 0 Å². The summed E-state index contributed by atoms with van der Waals surface area (Å²) in [5.41, 5.74) is 6.10. The number of pyridine rings is 1. The zero-order chi connectivity index (χ0) is 29.0. The quantitative estimate of drug-likeness (QED) is 0.200. The van der Waals surface area contributed by atoms with Crippen molar-refractivity contribution in [1.82, 2.24) is 4.98 Å². The largest absolute Gasteiger partial charge is 0.454 e. The van der Waals surface area contributed by atoms with Crippen LogP contribution in [0.4, 0.5) is 17.2 Å². The van der Waals surface area contributed by atoms with E-state index in [0.717, 1.165) is 39.1 Å². The average molecular weight is 563 g/mol. The zero-order valence-corrected chi connectivity index (χ0v) is 23.8. The third-order valence-electron chi connectivity index (χ3n) is 8.68. The van der Waals surface area contributed by atoms with Gasteiger partial charge < -0.3 is 4.42 Å². The molecular weight excluding hydrogens is 536 g/mol. The van der Waals surface area contributed by atoms with Crippen LogP contribution in [0.1, 0.15) is 0 Å². The van der Waals surface area contributed by atoms with Crippen molar-refractivity contribution >= 4 is 71.4 Å². The maximum atomic E-state index is 6.12. The Morgan fingerprint density at radius 1 is 0.432 bits per heavy atom. The van der Waals surface area contributed by atoms with Crippen molar-refractivity contribution in [1.29, 1.82) is 0 Å². The van der Waals surface area contributed by atoms with Gasteiger partial charge in [-0.1, -0.05) is 115 Å². The number of benzene rings is 7. The summed E-state index contributed by atoms with van der Waals surface area (Å²) in [6.45, 7) is 0. The van der Waals surface area contributed by atoms with Crippen LogP contribution >= 0.6 is 0 Å². The van der Waals surface area contributed by atoms with Crippen molar-refractivity contribution in [2.45, 2.75) is 0 Å². The van der Waals surface area contributed by atoms with Crippen LogP contribution in [0.15, 0.2) is 162 Å². The summed E-state index contributed by atoms with van der Waals surface area (Å²) in [5, 5.41) is 9.62. The summed E-state index contributed by atoms with van der Waals surface area (Å²) >= 11 is 0. The second-order valence-corrected chi connectivity index (χ2v) is 11.2. The number of para-hydroxylation sites is 1. The topological polar surface area (TPSA) is 29.3 Å². The fraction of sp³-hybridized carbons (Fsp3) is 0. The average Bonchev–Trinajstić information content (AvgIpc) is 3.47. The predicted octanol–water partition coefficient (Wildman–Crippen LogP) is 11.6. The molecule has 7 aromatic carbocycles. The smallest absolute Gasteiger partial charge is 0.153 e. The van der Waals surface area contributed by atoms with Crippen LogP contribution in [-0.4, -0.2) is 4.98 Å². The summed E-state index contributed by atoms with van der Waals surface area (Å²) in [6.07, 6.45) is 1.84. The maximum absolute atomic E-state index is 6.12. The Hall–Kier alpha value is -5.93. The van der Waals surface area contributed by atoms with Gasteiger partial charge in [-0.3, -0.25) is 4.90 Å². The Bertz CT molecular complexity index is 2490. The number of hydrogen-bond acceptors (Lipinski definition) is 3. The highest BCUT2D eigenvalue weighted by Crippen LogP contribution is 2.40. The Labute approximate surface area is 254 Å². The second kappa shape index (κ2) is 9.82. The highest BCUT2D eigenvalue weighted by atomic mass is 16.3. The molecule has 206 valence electrons. The summed E-state index contributed by atoms with van der Waals surface area (Å²) in [4.78, 5) is 7.18. The standard InChI is InChI=1S/C41H26N2O/c1-2-8-27(9-3-1)28-18-20-32(21-19-28)43(40-25-37-36-12-6-7-13-38(36)44-39(37)26-42-40)33-22-23-35-31(24-33)17-16-30-15-14-29-10-4-5-11-34(29)41(30)35/h1-26H. The van der Waals surface area contributed by atoms with Crippen molar-refractivity contribution in [2.24, 2.45) is 0 Å². The summed E-state index contributed by atoms with van der Waals surface area (Å²) in [6, 6.07) is 53.8. The third kappa shape index (κ3) is 3.94. The van der Waals surface area contributed by atoms with Crippen LogP contribution < -0.4 is 4.90 Å². The normalized spacial score (nSPS) is 11.6. The first-order valence-corrected chi connectivity index (χ1v) is 14.9. The predicted molar refractivity (Wildman–Crippen MR) is 184 cm³/mol. The lowest BCUT2D eigenvalue weighted by molar-refractivity contribution is 0.667. The van der Waals surface area contributed by atoms with Crippen molar-refractivity contribution in [3.8, 4) is 11.1 Å². The molecule has 0 unspecified atom stereocenters. The first-order chi connectivity index (χ1) is 21.8. The molecule has 0 spiro atoms. The number of nitrogens with zero attached hydrogens (tertiary/aromatic N) is 2. The van der Waals surface area contributed by atoms with Crippen LogP contribution in [0.5, 0.6) is 0 Å². The Morgan fingerprint density at radius 2 is 1.09 bits per heavy atom. The fourth-order valence-electron chi connectivity index (χ4n) is 6.55. The monoisotopic (exact) mass is 562 g/mol. The molecule has 0 fully saturated rings. The molecule has 3 nitrogen and oxygen atoms in total. The molecule has 44 heavy (non-hydrogen) atoms. The van der Waals surface area contributed by atoms with E-state index in [4.69, 9.17) is 9.40 Å². The van der Waals surface area contributed by atoms with Crippen LogP contribution in [-0.2, 0) is 0 Å². The van der Waals surface area contributed by atoms with E-state index in [-0.39, 0.29) is 0 Å². The minimum absolute atomic E-state index is 0.784. The van der Waals surface area contributed by atoms with E-state index in [2.05, 4.69) is 138 Å². The Kier molecular flexibility index (Phi) is 5.50. The highest BCUT2D eigenvalue weighted by Gasteiger charge is 2.18. The molecule has 0 aliphatic rings. The van der Waals surface area contributed by atoms with E-state index >= 15 is 0 Å².